The Kier molecular flexibility index (Phi) is 3.55. The Bertz CT molecular complexity index is 448. The van der Waals surface area contributed by atoms with Crippen LogP contribution in [0, 0.1) is 0 Å². The van der Waals surface area contributed by atoms with E-state index in [4.69, 9.17) is 14.6 Å². The maximum absolute atomic E-state index is 11.0. The molecule has 1 aliphatic rings. The summed E-state index contributed by atoms with van der Waals surface area (Å²) < 4.78 is 10.9. The van der Waals surface area contributed by atoms with Crippen LogP contribution >= 0.6 is 0 Å². The Morgan fingerprint density at radius 1 is 1.56 bits per heavy atom. The number of rotatable bonds is 2. The van der Waals surface area contributed by atoms with Crippen LogP contribution in [0.25, 0.3) is 0 Å². The number of carbonyl (C=O) groups is 1. The van der Waals surface area contributed by atoms with Crippen LogP contribution in [0.2, 0.25) is 0 Å². The summed E-state index contributed by atoms with van der Waals surface area (Å²) in [4.78, 5) is 16.5. The van der Waals surface area contributed by atoms with Crippen LogP contribution in [0.1, 0.15) is 19.4 Å². The molecule has 0 saturated heterocycles. The lowest BCUT2D eigenvalue weighted by atomic mass is 10.2. The van der Waals surface area contributed by atoms with Crippen LogP contribution in [-0.4, -0.2) is 40.3 Å². The fourth-order valence-corrected chi connectivity index (χ4v) is 1.71. The SMILES string of the molecule is CC(C)Oc1ccc2c(n1)OCCN(C(=O)O)C2. The summed E-state index contributed by atoms with van der Waals surface area (Å²) in [5.74, 6) is 0.949. The zero-order chi connectivity index (χ0) is 13.1. The number of carboxylic acid groups (broad SMARTS) is 1. The predicted octanol–water partition coefficient (Wildman–Crippen LogP) is 1.74. The molecule has 6 heteroatoms. The van der Waals surface area contributed by atoms with Crippen molar-refractivity contribution < 1.29 is 19.4 Å². The molecule has 0 atom stereocenters. The molecule has 6 nitrogen and oxygen atoms in total. The van der Waals surface area contributed by atoms with E-state index in [1.165, 1.54) is 4.90 Å². The standard InChI is InChI=1S/C12H16N2O4/c1-8(2)18-10-4-3-9-7-14(12(15)16)5-6-17-11(9)13-10/h3-4,8H,5-7H2,1-2H3,(H,15,16). The molecular weight excluding hydrogens is 236 g/mol. The van der Waals surface area contributed by atoms with E-state index in [2.05, 4.69) is 4.98 Å². The molecule has 2 heterocycles. The van der Waals surface area contributed by atoms with Gasteiger partial charge in [0.1, 0.15) is 6.61 Å². The number of pyridine rings is 1. The van der Waals surface area contributed by atoms with Crippen molar-refractivity contribution in [3.8, 4) is 11.8 Å². The van der Waals surface area contributed by atoms with Crippen LogP contribution in [0.3, 0.4) is 0 Å². The Hall–Kier alpha value is -1.98. The van der Waals surface area contributed by atoms with Crippen molar-refractivity contribution in [2.24, 2.45) is 0 Å². The fraction of sp³-hybridized carbons (Fsp3) is 0.500. The number of ether oxygens (including phenoxy) is 2. The van der Waals surface area contributed by atoms with Gasteiger partial charge in [-0.1, -0.05) is 0 Å². The first-order valence-electron chi connectivity index (χ1n) is 5.83. The monoisotopic (exact) mass is 252 g/mol. The minimum atomic E-state index is -0.950. The van der Waals surface area contributed by atoms with E-state index in [0.29, 0.717) is 31.5 Å². The molecule has 0 aromatic carbocycles. The van der Waals surface area contributed by atoms with Crippen LogP contribution in [0.15, 0.2) is 12.1 Å². The molecule has 1 N–H and O–H groups in total. The predicted molar refractivity (Wildman–Crippen MR) is 63.9 cm³/mol. The first-order valence-corrected chi connectivity index (χ1v) is 5.83. The highest BCUT2D eigenvalue weighted by atomic mass is 16.5. The molecule has 98 valence electrons. The molecule has 1 aromatic heterocycles. The number of nitrogens with zero attached hydrogens (tertiary/aromatic N) is 2. The molecule has 1 aromatic rings. The second-order valence-electron chi connectivity index (χ2n) is 4.33. The summed E-state index contributed by atoms with van der Waals surface area (Å²) >= 11 is 0. The fourth-order valence-electron chi connectivity index (χ4n) is 1.71. The van der Waals surface area contributed by atoms with Crippen molar-refractivity contribution >= 4 is 6.09 Å². The molecule has 0 saturated carbocycles. The molecule has 18 heavy (non-hydrogen) atoms. The first kappa shape index (κ1) is 12.5. The summed E-state index contributed by atoms with van der Waals surface area (Å²) in [6.45, 7) is 4.77. The second kappa shape index (κ2) is 5.12. The van der Waals surface area contributed by atoms with E-state index in [-0.39, 0.29) is 6.10 Å². The van der Waals surface area contributed by atoms with Gasteiger partial charge in [-0.05, 0) is 19.9 Å². The van der Waals surface area contributed by atoms with Crippen molar-refractivity contribution in [2.75, 3.05) is 13.2 Å². The average molecular weight is 252 g/mol. The summed E-state index contributed by atoms with van der Waals surface area (Å²) in [6, 6.07) is 3.52. The van der Waals surface area contributed by atoms with Gasteiger partial charge in [0.2, 0.25) is 11.8 Å². The molecule has 1 aliphatic heterocycles. The number of amides is 1. The van der Waals surface area contributed by atoms with Crippen LogP contribution in [0.4, 0.5) is 4.79 Å². The third-order valence-corrected chi connectivity index (χ3v) is 2.50. The summed E-state index contributed by atoms with van der Waals surface area (Å²) in [5.41, 5.74) is 0.756. The third-order valence-electron chi connectivity index (χ3n) is 2.50. The molecule has 2 rings (SSSR count). The van der Waals surface area contributed by atoms with E-state index < -0.39 is 6.09 Å². The minimum Gasteiger partial charge on any atom is -0.475 e. The van der Waals surface area contributed by atoms with Crippen molar-refractivity contribution in [1.82, 2.24) is 9.88 Å². The van der Waals surface area contributed by atoms with Gasteiger partial charge in [-0.15, -0.1) is 0 Å². The maximum atomic E-state index is 11.0. The number of aromatic nitrogens is 1. The van der Waals surface area contributed by atoms with Gasteiger partial charge in [-0.2, -0.15) is 4.98 Å². The van der Waals surface area contributed by atoms with Crippen molar-refractivity contribution in [1.29, 1.82) is 0 Å². The summed E-state index contributed by atoms with van der Waals surface area (Å²) in [7, 11) is 0. The molecule has 0 radical (unpaired) electrons. The first-order chi connectivity index (χ1) is 8.56. The Balaban J connectivity index is 2.21. The van der Waals surface area contributed by atoms with Crippen molar-refractivity contribution in [3.05, 3.63) is 17.7 Å². The van der Waals surface area contributed by atoms with E-state index in [1.807, 2.05) is 13.8 Å². The number of hydrogen-bond acceptors (Lipinski definition) is 4. The topological polar surface area (TPSA) is 71.9 Å². The van der Waals surface area contributed by atoms with Gasteiger partial charge in [0.15, 0.2) is 0 Å². The quantitative estimate of drug-likeness (QED) is 0.868. The third kappa shape index (κ3) is 2.82. The smallest absolute Gasteiger partial charge is 0.407 e. The molecular formula is C12H16N2O4. The van der Waals surface area contributed by atoms with Gasteiger partial charge >= 0.3 is 6.09 Å². The van der Waals surface area contributed by atoms with Gasteiger partial charge in [0.05, 0.1) is 19.2 Å². The Labute approximate surface area is 105 Å². The molecule has 0 unspecified atom stereocenters. The van der Waals surface area contributed by atoms with Crippen LogP contribution < -0.4 is 9.47 Å². The second-order valence-corrected chi connectivity index (χ2v) is 4.33. The maximum Gasteiger partial charge on any atom is 0.407 e. The normalized spacial score (nSPS) is 14.7. The van der Waals surface area contributed by atoms with Gasteiger partial charge in [0.25, 0.3) is 0 Å². The number of hydrogen-bond donors (Lipinski definition) is 1. The zero-order valence-corrected chi connectivity index (χ0v) is 10.4. The zero-order valence-electron chi connectivity index (χ0n) is 10.4. The van der Waals surface area contributed by atoms with Crippen molar-refractivity contribution in [3.63, 3.8) is 0 Å². The average Bonchev–Trinajstić information content (AvgIpc) is 2.49. The highest BCUT2D eigenvalue weighted by Crippen LogP contribution is 2.24. The van der Waals surface area contributed by atoms with E-state index >= 15 is 0 Å². The lowest BCUT2D eigenvalue weighted by Crippen LogP contribution is -2.30. The van der Waals surface area contributed by atoms with Gasteiger partial charge in [-0.3, -0.25) is 0 Å². The molecule has 0 aliphatic carbocycles. The van der Waals surface area contributed by atoms with E-state index in [9.17, 15) is 4.79 Å². The largest absolute Gasteiger partial charge is 0.475 e. The highest BCUT2D eigenvalue weighted by molar-refractivity contribution is 5.65. The number of fused-ring (bicyclic) bond motifs is 1. The molecule has 0 spiro atoms. The van der Waals surface area contributed by atoms with Gasteiger partial charge < -0.3 is 19.5 Å². The Morgan fingerprint density at radius 3 is 3.00 bits per heavy atom. The highest BCUT2D eigenvalue weighted by Gasteiger charge is 2.20. The van der Waals surface area contributed by atoms with Crippen LogP contribution in [0.5, 0.6) is 11.8 Å². The summed E-state index contributed by atoms with van der Waals surface area (Å²) in [6.07, 6.45) is -0.911. The lowest BCUT2D eigenvalue weighted by Gasteiger charge is -2.15. The van der Waals surface area contributed by atoms with Crippen LogP contribution in [-0.2, 0) is 6.54 Å². The van der Waals surface area contributed by atoms with E-state index in [0.717, 1.165) is 5.56 Å². The molecule has 0 fully saturated rings. The Morgan fingerprint density at radius 2 is 2.33 bits per heavy atom. The lowest BCUT2D eigenvalue weighted by molar-refractivity contribution is 0.137. The minimum absolute atomic E-state index is 0.0387. The molecule has 1 amide bonds. The van der Waals surface area contributed by atoms with E-state index in [1.54, 1.807) is 12.1 Å². The van der Waals surface area contributed by atoms with Gasteiger partial charge in [0, 0.05) is 11.6 Å². The van der Waals surface area contributed by atoms with Crippen molar-refractivity contribution in [2.45, 2.75) is 26.5 Å². The van der Waals surface area contributed by atoms with Gasteiger partial charge in [-0.25, -0.2) is 4.79 Å². The summed E-state index contributed by atoms with van der Waals surface area (Å²) in [5, 5.41) is 8.99. The molecule has 0 bridgehead atoms.